The predicted molar refractivity (Wildman–Crippen MR) is 86.7 cm³/mol. The SMILES string of the molecule is CCC(N)Cc1cc(Br)ccc1N(C)CC1CC1C. The van der Waals surface area contributed by atoms with Gasteiger partial charge in [0, 0.05) is 29.8 Å². The summed E-state index contributed by atoms with van der Waals surface area (Å²) in [6.07, 6.45) is 3.36. The molecule has 0 aliphatic heterocycles. The molecule has 1 aliphatic rings. The first-order valence-corrected chi connectivity index (χ1v) is 8.05. The van der Waals surface area contributed by atoms with Crippen molar-refractivity contribution in [3.8, 4) is 0 Å². The normalized spacial score (nSPS) is 23.2. The molecule has 0 bridgehead atoms. The van der Waals surface area contributed by atoms with E-state index in [1.807, 2.05) is 0 Å². The molecule has 2 nitrogen and oxygen atoms in total. The van der Waals surface area contributed by atoms with Crippen LogP contribution in [0.4, 0.5) is 5.69 Å². The Morgan fingerprint density at radius 1 is 1.47 bits per heavy atom. The molecule has 0 spiro atoms. The fraction of sp³-hybridized carbons (Fsp3) is 0.625. The molecule has 3 atom stereocenters. The molecule has 0 aromatic heterocycles. The lowest BCUT2D eigenvalue weighted by Gasteiger charge is -2.24. The molecule has 0 amide bonds. The summed E-state index contributed by atoms with van der Waals surface area (Å²) in [7, 11) is 2.20. The van der Waals surface area contributed by atoms with Gasteiger partial charge in [0.2, 0.25) is 0 Å². The number of anilines is 1. The summed E-state index contributed by atoms with van der Waals surface area (Å²) in [6, 6.07) is 6.82. The maximum atomic E-state index is 6.13. The maximum absolute atomic E-state index is 6.13. The van der Waals surface area contributed by atoms with Gasteiger partial charge in [-0.3, -0.25) is 0 Å². The minimum atomic E-state index is 0.251. The van der Waals surface area contributed by atoms with E-state index in [-0.39, 0.29) is 6.04 Å². The highest BCUT2D eigenvalue weighted by Gasteiger charge is 2.33. The minimum Gasteiger partial charge on any atom is -0.374 e. The van der Waals surface area contributed by atoms with E-state index in [4.69, 9.17) is 5.73 Å². The number of halogens is 1. The molecule has 1 aromatic carbocycles. The van der Waals surface area contributed by atoms with E-state index in [1.54, 1.807) is 0 Å². The average Bonchev–Trinajstić information content (AvgIpc) is 3.04. The zero-order chi connectivity index (χ0) is 14.0. The molecule has 19 heavy (non-hydrogen) atoms. The maximum Gasteiger partial charge on any atom is 0.0397 e. The fourth-order valence-corrected chi connectivity index (χ4v) is 3.03. The van der Waals surface area contributed by atoms with Crippen molar-refractivity contribution in [1.82, 2.24) is 0 Å². The van der Waals surface area contributed by atoms with Crippen molar-refractivity contribution in [3.05, 3.63) is 28.2 Å². The van der Waals surface area contributed by atoms with Gasteiger partial charge in [0.25, 0.3) is 0 Å². The van der Waals surface area contributed by atoms with Crippen LogP contribution in [-0.2, 0) is 6.42 Å². The first kappa shape index (κ1) is 14.9. The Bertz CT molecular complexity index is 433. The number of rotatable bonds is 6. The number of nitrogens with zero attached hydrogens (tertiary/aromatic N) is 1. The van der Waals surface area contributed by atoms with E-state index in [0.29, 0.717) is 0 Å². The van der Waals surface area contributed by atoms with Crippen LogP contribution in [0, 0.1) is 11.8 Å². The standard InChI is InChI=1S/C16H25BrN2/c1-4-15(18)9-12-8-14(17)5-6-16(12)19(3)10-13-7-11(13)2/h5-6,8,11,13,15H,4,7,9-10,18H2,1-3H3. The van der Waals surface area contributed by atoms with Crippen LogP contribution < -0.4 is 10.6 Å². The van der Waals surface area contributed by atoms with Crippen LogP contribution in [-0.4, -0.2) is 19.6 Å². The quantitative estimate of drug-likeness (QED) is 0.861. The average molecular weight is 325 g/mol. The third-order valence-electron chi connectivity index (χ3n) is 4.24. The Labute approximate surface area is 125 Å². The highest BCUT2D eigenvalue weighted by molar-refractivity contribution is 9.10. The predicted octanol–water partition coefficient (Wildman–Crippen LogP) is 3.82. The molecular formula is C16H25BrN2. The van der Waals surface area contributed by atoms with Crippen molar-refractivity contribution in [2.75, 3.05) is 18.5 Å². The summed E-state index contributed by atoms with van der Waals surface area (Å²) in [5, 5.41) is 0. The number of nitrogens with two attached hydrogens (primary N) is 1. The van der Waals surface area contributed by atoms with Crippen molar-refractivity contribution in [1.29, 1.82) is 0 Å². The summed E-state index contributed by atoms with van der Waals surface area (Å²) in [5.41, 5.74) is 8.83. The van der Waals surface area contributed by atoms with Gasteiger partial charge in [-0.15, -0.1) is 0 Å². The minimum absolute atomic E-state index is 0.251. The van der Waals surface area contributed by atoms with Crippen molar-refractivity contribution >= 4 is 21.6 Å². The van der Waals surface area contributed by atoms with Crippen molar-refractivity contribution < 1.29 is 0 Å². The van der Waals surface area contributed by atoms with Crippen LogP contribution >= 0.6 is 15.9 Å². The molecule has 2 rings (SSSR count). The van der Waals surface area contributed by atoms with Gasteiger partial charge in [-0.25, -0.2) is 0 Å². The van der Waals surface area contributed by atoms with Crippen LogP contribution in [0.3, 0.4) is 0 Å². The molecule has 1 saturated carbocycles. The van der Waals surface area contributed by atoms with E-state index >= 15 is 0 Å². The number of hydrogen-bond acceptors (Lipinski definition) is 2. The molecule has 0 radical (unpaired) electrons. The van der Waals surface area contributed by atoms with Gasteiger partial charge in [0.1, 0.15) is 0 Å². The smallest absolute Gasteiger partial charge is 0.0397 e. The second-order valence-corrected chi connectivity index (χ2v) is 6.91. The highest BCUT2D eigenvalue weighted by atomic mass is 79.9. The number of benzene rings is 1. The molecular weight excluding hydrogens is 300 g/mol. The number of hydrogen-bond donors (Lipinski definition) is 1. The van der Waals surface area contributed by atoms with Crippen molar-refractivity contribution in [2.45, 2.75) is 39.2 Å². The van der Waals surface area contributed by atoms with Gasteiger partial charge in [0.15, 0.2) is 0 Å². The Kier molecular flexibility index (Phi) is 4.91. The molecule has 106 valence electrons. The molecule has 1 aliphatic carbocycles. The Morgan fingerprint density at radius 2 is 2.16 bits per heavy atom. The topological polar surface area (TPSA) is 29.3 Å². The van der Waals surface area contributed by atoms with Crippen LogP contribution in [0.15, 0.2) is 22.7 Å². The largest absolute Gasteiger partial charge is 0.374 e. The lowest BCUT2D eigenvalue weighted by molar-refractivity contribution is 0.643. The van der Waals surface area contributed by atoms with Gasteiger partial charge in [-0.1, -0.05) is 29.8 Å². The second kappa shape index (κ2) is 6.27. The molecule has 1 fully saturated rings. The third-order valence-corrected chi connectivity index (χ3v) is 4.74. The Balaban J connectivity index is 2.13. The van der Waals surface area contributed by atoms with Gasteiger partial charge in [-0.05, 0) is 54.9 Å². The molecule has 2 N–H and O–H groups in total. The summed E-state index contributed by atoms with van der Waals surface area (Å²) in [4.78, 5) is 2.40. The zero-order valence-electron chi connectivity index (χ0n) is 12.2. The first-order chi connectivity index (χ1) is 9.01. The molecule has 0 saturated heterocycles. The van der Waals surface area contributed by atoms with Crippen molar-refractivity contribution in [2.24, 2.45) is 17.6 Å². The van der Waals surface area contributed by atoms with Crippen molar-refractivity contribution in [3.63, 3.8) is 0 Å². The molecule has 0 heterocycles. The highest BCUT2D eigenvalue weighted by Crippen LogP contribution is 2.39. The van der Waals surface area contributed by atoms with Crippen LogP contribution in [0.25, 0.3) is 0 Å². The molecule has 3 unspecified atom stereocenters. The van der Waals surface area contributed by atoms with E-state index in [2.05, 4.69) is 59.9 Å². The summed E-state index contributed by atoms with van der Waals surface area (Å²) >= 11 is 3.57. The summed E-state index contributed by atoms with van der Waals surface area (Å²) in [5.74, 6) is 1.78. The van der Waals surface area contributed by atoms with Gasteiger partial charge in [-0.2, -0.15) is 0 Å². The van der Waals surface area contributed by atoms with Gasteiger partial charge < -0.3 is 10.6 Å². The lowest BCUT2D eigenvalue weighted by Crippen LogP contribution is -2.25. The van der Waals surface area contributed by atoms with Crippen LogP contribution in [0.1, 0.15) is 32.3 Å². The Hall–Kier alpha value is -0.540. The zero-order valence-corrected chi connectivity index (χ0v) is 13.8. The van der Waals surface area contributed by atoms with Crippen LogP contribution in [0.2, 0.25) is 0 Å². The first-order valence-electron chi connectivity index (χ1n) is 7.26. The lowest BCUT2D eigenvalue weighted by atomic mass is 10.0. The van der Waals surface area contributed by atoms with Gasteiger partial charge in [0.05, 0.1) is 0 Å². The van der Waals surface area contributed by atoms with E-state index in [1.165, 1.54) is 17.7 Å². The molecule has 3 heteroatoms. The van der Waals surface area contributed by atoms with Crippen LogP contribution in [0.5, 0.6) is 0 Å². The second-order valence-electron chi connectivity index (χ2n) is 6.00. The summed E-state index contributed by atoms with van der Waals surface area (Å²) < 4.78 is 1.14. The Morgan fingerprint density at radius 3 is 2.74 bits per heavy atom. The molecule has 1 aromatic rings. The third kappa shape index (κ3) is 3.96. The van der Waals surface area contributed by atoms with E-state index in [0.717, 1.165) is 35.7 Å². The monoisotopic (exact) mass is 324 g/mol. The van der Waals surface area contributed by atoms with E-state index < -0.39 is 0 Å². The summed E-state index contributed by atoms with van der Waals surface area (Å²) in [6.45, 7) is 5.66. The van der Waals surface area contributed by atoms with Gasteiger partial charge >= 0.3 is 0 Å². The fourth-order valence-electron chi connectivity index (χ4n) is 2.62. The van der Waals surface area contributed by atoms with E-state index in [9.17, 15) is 0 Å².